The number of rotatable bonds is 6. The largest absolute Gasteiger partial charge is 3.00 e. The second kappa shape index (κ2) is 46.9. The van der Waals surface area contributed by atoms with Crippen molar-refractivity contribution in [1.82, 2.24) is 29.9 Å². The average molecular weight is 1290 g/mol. The van der Waals surface area contributed by atoms with Crippen LogP contribution in [0.1, 0.15) is 62.1 Å². The van der Waals surface area contributed by atoms with E-state index >= 15 is 0 Å². The monoisotopic (exact) mass is 1300 g/mol. The molecule has 6 aromatic rings. The van der Waals surface area contributed by atoms with Crippen molar-refractivity contribution in [2.75, 3.05) is 0 Å². The van der Waals surface area contributed by atoms with Crippen molar-refractivity contribution in [3.63, 3.8) is 0 Å². The van der Waals surface area contributed by atoms with Crippen LogP contribution in [0.25, 0.3) is 0 Å². The van der Waals surface area contributed by atoms with E-state index in [9.17, 15) is 85.7 Å². The molecule has 0 aliphatic rings. The maximum atomic E-state index is 12.2. The maximum absolute atomic E-state index is 12.2. The predicted molar refractivity (Wildman–Crippen MR) is 208 cm³/mol. The number of carbonyl (C=O) groups excluding carboxylic acids is 6. The fourth-order valence-corrected chi connectivity index (χ4v) is 3.14. The number of aromatic carboxylic acids is 6. The van der Waals surface area contributed by atoms with Gasteiger partial charge in [0.2, 0.25) is 0 Å². The van der Waals surface area contributed by atoms with Crippen LogP contribution in [0, 0.1) is 134 Å². The number of hydrogen-bond acceptors (Lipinski definition) is 18. The number of carbonyl (C=O) groups is 6. The number of aromatic nitrogens is 6. The summed E-state index contributed by atoms with van der Waals surface area (Å²) < 4.78 is 73.0. The van der Waals surface area contributed by atoms with E-state index in [-0.39, 0.29) is 176 Å². The van der Waals surface area contributed by atoms with Crippen molar-refractivity contribution in [3.8, 4) is 0 Å². The fourth-order valence-electron chi connectivity index (χ4n) is 3.14. The zero-order valence-corrected chi connectivity index (χ0v) is 39.3. The Hall–Kier alpha value is -5.85. The van der Waals surface area contributed by atoms with Crippen LogP contribution in [0.15, 0.2) is 111 Å². The van der Waals surface area contributed by atoms with Gasteiger partial charge in [0.1, 0.15) is 34.9 Å². The Kier molecular flexibility index (Phi) is 58.4. The van der Waals surface area contributed by atoms with Crippen molar-refractivity contribution in [3.05, 3.63) is 179 Å². The molecule has 26 nitrogen and oxygen atoms in total. The molecule has 0 fully saturated rings. The minimum atomic E-state index is -1.42. The van der Waals surface area contributed by atoms with E-state index in [1.807, 2.05) is 0 Å². The number of carboxylic acids is 6. The van der Waals surface area contributed by atoms with Crippen molar-refractivity contribution >= 4 is 35.8 Å². The van der Waals surface area contributed by atoms with Crippen LogP contribution in [-0.4, -0.2) is 76.7 Å². The van der Waals surface area contributed by atoms with Crippen LogP contribution < -0.4 is 30.6 Å². The van der Waals surface area contributed by atoms with Crippen molar-refractivity contribution in [2.45, 2.75) is 0 Å². The summed E-state index contributed by atoms with van der Waals surface area (Å²) in [6.07, 6.45) is 11.7. The molecule has 0 saturated heterocycles. The second-order valence-electron chi connectivity index (χ2n) is 10.1. The molecule has 6 heterocycles. The number of halogens is 6. The molecule has 0 aromatic carbocycles. The van der Waals surface area contributed by atoms with Gasteiger partial charge in [-0.2, -0.15) is 0 Å². The van der Waals surface area contributed by atoms with Gasteiger partial charge in [-0.05, 0) is 36.4 Å². The van der Waals surface area contributed by atoms with Crippen molar-refractivity contribution in [1.29, 1.82) is 0 Å². The Bertz CT molecular complexity index is 2030. The van der Waals surface area contributed by atoms with Gasteiger partial charge >= 0.3 is 98.8 Å². The minimum absolute atomic E-state index is 0. The molecule has 0 radical (unpaired) electrons. The minimum Gasteiger partial charge on any atom is -0.545 e. The average Bonchev–Trinajstić information content (AvgIpc) is 3.19. The first kappa shape index (κ1) is 87.2. The molecule has 0 amide bonds. The third-order valence-corrected chi connectivity index (χ3v) is 5.64. The molecular formula is C36H40Eu2F6N6O20+6. The fraction of sp³-hybridized carbons (Fsp3) is 0. The Balaban J connectivity index is -0.0000000750. The standard InChI is InChI=1S/6C6H4FNO2.2Eu.8H2O/c6*7-5-1-4(6(9)10)2-8-3-5;;;;;;;;;;/h6*1-3H,(H,9,10);;;8*1H2/q;;;;;;2*+3;;;;;;;;. The van der Waals surface area contributed by atoms with Crippen molar-refractivity contribution < 1.29 is 228 Å². The Morgan fingerprint density at radius 3 is 0.429 bits per heavy atom. The zero-order chi connectivity index (χ0) is 45.4. The summed E-state index contributed by atoms with van der Waals surface area (Å²) in [5, 5.41) is 60.2. The van der Waals surface area contributed by atoms with Crippen LogP contribution in [0.5, 0.6) is 0 Å². The van der Waals surface area contributed by atoms with Crippen LogP contribution in [0.3, 0.4) is 0 Å². The molecule has 6 rings (SSSR count). The Morgan fingerprint density at radius 1 is 0.271 bits per heavy atom. The van der Waals surface area contributed by atoms with E-state index in [1.165, 1.54) is 0 Å². The normalized spacial score (nSPS) is 7.97. The summed E-state index contributed by atoms with van der Waals surface area (Å²) in [7, 11) is 0. The van der Waals surface area contributed by atoms with E-state index in [1.54, 1.807) is 0 Å². The smallest absolute Gasteiger partial charge is 0.545 e. The number of pyridine rings is 6. The molecular weight excluding hydrogens is 1250 g/mol. The summed E-state index contributed by atoms with van der Waals surface area (Å²) >= 11 is 0. The number of carboxylic acid groups (broad SMARTS) is 6. The molecule has 0 saturated carbocycles. The zero-order valence-electron chi connectivity index (χ0n) is 34.5. The Morgan fingerprint density at radius 2 is 0.371 bits per heavy atom. The maximum Gasteiger partial charge on any atom is 3.00 e. The number of hydrogen-bond donors (Lipinski definition) is 0. The molecule has 0 aliphatic heterocycles. The van der Waals surface area contributed by atoms with Crippen molar-refractivity contribution in [2.24, 2.45) is 0 Å². The van der Waals surface area contributed by atoms with Crippen LogP contribution >= 0.6 is 0 Å². The van der Waals surface area contributed by atoms with E-state index in [4.69, 9.17) is 0 Å². The molecule has 0 unspecified atom stereocenters. The van der Waals surface area contributed by atoms with Gasteiger partial charge in [-0.3, -0.25) is 29.9 Å². The molecule has 0 aliphatic carbocycles. The van der Waals surface area contributed by atoms with E-state index in [2.05, 4.69) is 29.9 Å². The third-order valence-electron chi connectivity index (χ3n) is 5.64. The van der Waals surface area contributed by atoms with E-state index in [0.29, 0.717) is 0 Å². The third kappa shape index (κ3) is 38.1. The van der Waals surface area contributed by atoms with Gasteiger partial charge < -0.3 is 103 Å². The van der Waals surface area contributed by atoms with Gasteiger partial charge in [-0.1, -0.05) is 0 Å². The molecule has 22 N–H and O–H groups in total. The molecule has 34 heteroatoms. The predicted octanol–water partition coefficient (Wildman–Crippen LogP) is -9.68. The summed E-state index contributed by atoms with van der Waals surface area (Å²) in [6.45, 7) is 0. The van der Waals surface area contributed by atoms with Gasteiger partial charge in [0, 0.05) is 70.6 Å². The topological polar surface area (TPSA) is 579 Å². The first-order chi connectivity index (χ1) is 28.2. The molecule has 70 heavy (non-hydrogen) atoms. The van der Waals surface area contributed by atoms with E-state index in [0.717, 1.165) is 111 Å². The number of nitrogens with zero attached hydrogens (tertiary/aromatic N) is 6. The van der Waals surface area contributed by atoms with Crippen LogP contribution in [0.4, 0.5) is 26.3 Å². The molecule has 6 aromatic heterocycles. The summed E-state index contributed by atoms with van der Waals surface area (Å²) in [6, 6.07) is 5.10. The van der Waals surface area contributed by atoms with Gasteiger partial charge in [0.15, 0.2) is 0 Å². The summed E-state index contributed by atoms with van der Waals surface area (Å²) in [5.41, 5.74) is -1.50. The van der Waals surface area contributed by atoms with Gasteiger partial charge in [-0.15, -0.1) is 0 Å². The quantitative estimate of drug-likeness (QED) is 0.110. The first-order valence-electron chi connectivity index (χ1n) is 15.1. The van der Waals surface area contributed by atoms with Gasteiger partial charge in [-0.25, -0.2) is 26.3 Å². The van der Waals surface area contributed by atoms with E-state index < -0.39 is 70.7 Å². The molecule has 0 bridgehead atoms. The van der Waals surface area contributed by atoms with Gasteiger partial charge in [0.05, 0.1) is 73.0 Å². The summed E-state index contributed by atoms with van der Waals surface area (Å²) in [5.74, 6) is -12.6. The van der Waals surface area contributed by atoms with Crippen LogP contribution in [-0.2, 0) is 32.9 Å². The first-order valence-corrected chi connectivity index (χ1v) is 15.1. The molecule has 0 spiro atoms. The van der Waals surface area contributed by atoms with Crippen LogP contribution in [0.2, 0.25) is 0 Å². The molecule has 0 atom stereocenters. The van der Waals surface area contributed by atoms with Gasteiger partial charge in [0.25, 0.3) is 0 Å². The SMILES string of the molecule is O.O.O=C([O-])c1cncc(F)c1.O=C([O-])c1cncc(F)c1.O=C([O-])c1cncc(F)c1.O=C([O-])c1cncc(F)c1.O=C([O-])c1cncc(F)c1.O=C([O-])c1cncc(F)c1.[Eu+3].[Eu+3].[OH3+].[OH3+].[OH3+].[OH3+].[OH3+].[OH3+]. The molecule has 384 valence electrons. The second-order valence-corrected chi connectivity index (χ2v) is 10.1. The Labute approximate surface area is 468 Å². The summed E-state index contributed by atoms with van der Waals surface area (Å²) in [4.78, 5) is 80.1.